The molecule has 4 nitrogen and oxygen atoms in total. The Bertz CT molecular complexity index is 401. The summed E-state index contributed by atoms with van der Waals surface area (Å²) in [4.78, 5) is 11.2. The van der Waals surface area contributed by atoms with Crippen molar-refractivity contribution in [3.8, 4) is 5.75 Å². The van der Waals surface area contributed by atoms with Crippen molar-refractivity contribution in [2.75, 3.05) is 7.11 Å². The summed E-state index contributed by atoms with van der Waals surface area (Å²) < 4.78 is 4.89. The van der Waals surface area contributed by atoms with Crippen LogP contribution in [0.2, 0.25) is 5.02 Å². The van der Waals surface area contributed by atoms with Crippen molar-refractivity contribution in [1.82, 2.24) is 0 Å². The molecule has 0 radical (unpaired) electrons. The van der Waals surface area contributed by atoms with Crippen LogP contribution >= 0.6 is 39.9 Å². The summed E-state index contributed by atoms with van der Waals surface area (Å²) >= 11 is 8.93. The first kappa shape index (κ1) is 15.5. The van der Waals surface area contributed by atoms with Gasteiger partial charge in [0.05, 0.1) is 11.6 Å². The van der Waals surface area contributed by atoms with Gasteiger partial charge in [0.2, 0.25) is 0 Å². The third-order valence-corrected chi connectivity index (χ3v) is 2.85. The maximum Gasteiger partial charge on any atom is 0.327 e. The van der Waals surface area contributed by atoms with Gasteiger partial charge in [0.25, 0.3) is 0 Å². The average Bonchev–Trinajstić information content (AvgIpc) is 2.22. The molecule has 3 N–H and O–H groups in total. The third kappa shape index (κ3) is 3.01. The minimum atomic E-state index is -1.10. The van der Waals surface area contributed by atoms with E-state index < -0.39 is 12.0 Å². The van der Waals surface area contributed by atoms with Gasteiger partial charge in [0.1, 0.15) is 11.8 Å². The monoisotopic (exact) mass is 329 g/mol. The first-order valence-corrected chi connectivity index (χ1v) is 5.16. The van der Waals surface area contributed by atoms with E-state index in [4.69, 9.17) is 17.3 Å². The SMILES string of the molecule is COC(=O)[C@@H](N)c1c(Cl)ccc(Br)c1O.Cl. The summed E-state index contributed by atoms with van der Waals surface area (Å²) in [6, 6.07) is 1.99. The van der Waals surface area contributed by atoms with Crippen LogP contribution in [0.25, 0.3) is 0 Å². The Morgan fingerprint density at radius 1 is 1.62 bits per heavy atom. The lowest BCUT2D eigenvalue weighted by Crippen LogP contribution is -2.23. The zero-order chi connectivity index (χ0) is 11.6. The van der Waals surface area contributed by atoms with Crippen molar-refractivity contribution in [2.24, 2.45) is 5.73 Å². The molecule has 0 aliphatic rings. The van der Waals surface area contributed by atoms with Crippen LogP contribution in [-0.2, 0) is 9.53 Å². The molecule has 1 rings (SSSR count). The fourth-order valence-electron chi connectivity index (χ4n) is 1.10. The summed E-state index contributed by atoms with van der Waals surface area (Å²) in [5.41, 5.74) is 5.73. The highest BCUT2D eigenvalue weighted by Gasteiger charge is 2.23. The minimum Gasteiger partial charge on any atom is -0.506 e. The Labute approximate surface area is 112 Å². The van der Waals surface area contributed by atoms with Gasteiger partial charge in [-0.2, -0.15) is 0 Å². The highest BCUT2D eigenvalue weighted by atomic mass is 79.9. The van der Waals surface area contributed by atoms with E-state index in [1.54, 1.807) is 6.07 Å². The van der Waals surface area contributed by atoms with Crippen molar-refractivity contribution < 1.29 is 14.6 Å². The highest BCUT2D eigenvalue weighted by Crippen LogP contribution is 2.36. The van der Waals surface area contributed by atoms with E-state index in [2.05, 4.69) is 20.7 Å². The zero-order valence-corrected chi connectivity index (χ0v) is 11.4. The number of hydrogen-bond donors (Lipinski definition) is 2. The van der Waals surface area contributed by atoms with Crippen LogP contribution in [0.3, 0.4) is 0 Å². The van der Waals surface area contributed by atoms with Crippen molar-refractivity contribution in [3.05, 3.63) is 27.2 Å². The maximum atomic E-state index is 11.2. The van der Waals surface area contributed by atoms with E-state index in [-0.39, 0.29) is 28.7 Å². The van der Waals surface area contributed by atoms with E-state index in [1.165, 1.54) is 13.2 Å². The minimum absolute atomic E-state index is 0. The number of hydrogen-bond acceptors (Lipinski definition) is 4. The number of aromatic hydroxyl groups is 1. The number of benzene rings is 1. The quantitative estimate of drug-likeness (QED) is 0.817. The van der Waals surface area contributed by atoms with Gasteiger partial charge in [-0.1, -0.05) is 11.6 Å². The molecule has 7 heteroatoms. The van der Waals surface area contributed by atoms with Gasteiger partial charge in [-0.05, 0) is 28.1 Å². The molecule has 0 aliphatic carbocycles. The number of ether oxygens (including phenoxy) is 1. The molecule has 16 heavy (non-hydrogen) atoms. The van der Waals surface area contributed by atoms with E-state index in [9.17, 15) is 9.90 Å². The molecular formula is C9H10BrCl2NO3. The van der Waals surface area contributed by atoms with Crippen LogP contribution in [0.4, 0.5) is 0 Å². The molecule has 1 aromatic carbocycles. The highest BCUT2D eigenvalue weighted by molar-refractivity contribution is 9.10. The van der Waals surface area contributed by atoms with Crippen LogP contribution in [0.15, 0.2) is 16.6 Å². The molecule has 90 valence electrons. The Morgan fingerprint density at radius 2 is 2.19 bits per heavy atom. The topological polar surface area (TPSA) is 72.5 Å². The lowest BCUT2D eigenvalue weighted by atomic mass is 10.1. The molecule has 0 heterocycles. The summed E-state index contributed by atoms with van der Waals surface area (Å²) in [5.74, 6) is -0.814. The summed E-state index contributed by atoms with van der Waals surface area (Å²) in [7, 11) is 1.21. The molecule has 0 saturated heterocycles. The molecule has 0 unspecified atom stereocenters. The standard InChI is InChI=1S/C9H9BrClNO3.ClH/c1-15-9(14)7(12)6-5(11)3-2-4(10)8(6)13;/h2-3,7,13H,12H2,1H3;1H/t7-;/m0./s1. The fraction of sp³-hybridized carbons (Fsp3) is 0.222. The normalized spacial score (nSPS) is 11.5. The maximum absolute atomic E-state index is 11.2. The summed E-state index contributed by atoms with van der Waals surface area (Å²) in [5, 5.41) is 9.89. The molecule has 0 aliphatic heterocycles. The largest absolute Gasteiger partial charge is 0.506 e. The van der Waals surface area contributed by atoms with Gasteiger partial charge < -0.3 is 15.6 Å². The van der Waals surface area contributed by atoms with Gasteiger partial charge >= 0.3 is 5.97 Å². The van der Waals surface area contributed by atoms with E-state index in [1.807, 2.05) is 0 Å². The number of carbonyl (C=O) groups is 1. The van der Waals surface area contributed by atoms with Crippen molar-refractivity contribution in [1.29, 1.82) is 0 Å². The molecule has 0 bridgehead atoms. The van der Waals surface area contributed by atoms with Crippen LogP contribution in [0, 0.1) is 0 Å². The van der Waals surface area contributed by atoms with Gasteiger partial charge in [-0.15, -0.1) is 12.4 Å². The third-order valence-electron chi connectivity index (χ3n) is 1.88. The second-order valence-electron chi connectivity index (χ2n) is 2.79. The molecule has 0 spiro atoms. The smallest absolute Gasteiger partial charge is 0.327 e. The lowest BCUT2D eigenvalue weighted by Gasteiger charge is -2.13. The van der Waals surface area contributed by atoms with Gasteiger partial charge in [0.15, 0.2) is 0 Å². The van der Waals surface area contributed by atoms with Crippen LogP contribution in [-0.4, -0.2) is 18.2 Å². The number of esters is 1. The Hall–Kier alpha value is -0.490. The average molecular weight is 331 g/mol. The van der Waals surface area contributed by atoms with Crippen molar-refractivity contribution in [2.45, 2.75) is 6.04 Å². The van der Waals surface area contributed by atoms with E-state index in [0.29, 0.717) is 4.47 Å². The second-order valence-corrected chi connectivity index (χ2v) is 4.05. The number of halogens is 3. The van der Waals surface area contributed by atoms with Crippen LogP contribution in [0.5, 0.6) is 5.75 Å². The van der Waals surface area contributed by atoms with Crippen molar-refractivity contribution >= 4 is 45.9 Å². The number of rotatable bonds is 2. The van der Waals surface area contributed by atoms with Crippen LogP contribution in [0.1, 0.15) is 11.6 Å². The van der Waals surface area contributed by atoms with Crippen LogP contribution < -0.4 is 5.73 Å². The summed E-state index contributed by atoms with van der Waals surface area (Å²) in [6.45, 7) is 0. The van der Waals surface area contributed by atoms with E-state index in [0.717, 1.165) is 0 Å². The molecule has 0 saturated carbocycles. The predicted molar refractivity (Wildman–Crippen MR) is 67.0 cm³/mol. The van der Waals surface area contributed by atoms with Gasteiger partial charge in [-0.3, -0.25) is 4.79 Å². The lowest BCUT2D eigenvalue weighted by molar-refractivity contribution is -0.142. The van der Waals surface area contributed by atoms with Gasteiger partial charge in [0, 0.05) is 10.6 Å². The van der Waals surface area contributed by atoms with E-state index >= 15 is 0 Å². The second kappa shape index (κ2) is 6.30. The summed E-state index contributed by atoms with van der Waals surface area (Å²) in [6.07, 6.45) is 0. The Morgan fingerprint density at radius 3 is 2.69 bits per heavy atom. The predicted octanol–water partition coefficient (Wildman–Crippen LogP) is 2.40. The van der Waals surface area contributed by atoms with Gasteiger partial charge in [-0.25, -0.2) is 0 Å². The number of nitrogens with two attached hydrogens (primary N) is 1. The first-order valence-electron chi connectivity index (χ1n) is 3.99. The first-order chi connectivity index (χ1) is 6.99. The number of phenolic OH excluding ortho intramolecular Hbond substituents is 1. The molecule has 1 aromatic rings. The molecular weight excluding hydrogens is 321 g/mol. The Balaban J connectivity index is 0.00000225. The number of phenols is 1. The number of carbonyl (C=O) groups excluding carboxylic acids is 1. The zero-order valence-electron chi connectivity index (χ0n) is 8.24. The molecule has 0 amide bonds. The molecule has 1 atom stereocenters. The molecule has 0 aromatic heterocycles. The Kier molecular flexibility index (Phi) is 6.10. The number of methoxy groups -OCH3 is 1. The fourth-order valence-corrected chi connectivity index (χ4v) is 1.71. The molecule has 0 fully saturated rings. The van der Waals surface area contributed by atoms with Crippen molar-refractivity contribution in [3.63, 3.8) is 0 Å².